The average Bonchev–Trinajstić information content (AvgIpc) is 3.07. The maximum absolute atomic E-state index is 12.9. The third-order valence-corrected chi connectivity index (χ3v) is 3.44. The number of ether oxygens (including phenoxy) is 3. The molecule has 118 valence electrons. The lowest BCUT2D eigenvalue weighted by Gasteiger charge is -2.07. The first-order valence-corrected chi connectivity index (χ1v) is 6.70. The predicted molar refractivity (Wildman–Crippen MR) is 69.5 cm³/mol. The van der Waals surface area contributed by atoms with Crippen LogP contribution >= 0.6 is 0 Å². The molecule has 1 N–H and O–H groups in total. The van der Waals surface area contributed by atoms with Crippen molar-refractivity contribution < 1.29 is 32.6 Å². The minimum absolute atomic E-state index is 0.114. The zero-order valence-corrected chi connectivity index (χ0v) is 11.6. The molecule has 0 aromatic heterocycles. The van der Waals surface area contributed by atoms with Crippen molar-refractivity contribution in [2.75, 3.05) is 11.9 Å². The lowest BCUT2D eigenvalue weighted by atomic mass is 10.3. The number of fused-ring (bicyclic) bond motifs is 1. The van der Waals surface area contributed by atoms with E-state index in [4.69, 9.17) is 4.74 Å². The van der Waals surface area contributed by atoms with Crippen LogP contribution in [-0.4, -0.2) is 24.8 Å². The molecule has 0 bridgehead atoms. The summed E-state index contributed by atoms with van der Waals surface area (Å²) in [4.78, 5) is 23.1. The van der Waals surface area contributed by atoms with Gasteiger partial charge in [-0.2, -0.15) is 0 Å². The zero-order valence-electron chi connectivity index (χ0n) is 11.6. The van der Waals surface area contributed by atoms with Gasteiger partial charge in [-0.3, -0.25) is 9.59 Å². The van der Waals surface area contributed by atoms with E-state index in [-0.39, 0.29) is 23.1 Å². The van der Waals surface area contributed by atoms with Gasteiger partial charge in [0.25, 0.3) is 5.91 Å². The second-order valence-electron chi connectivity index (χ2n) is 5.30. The molecule has 2 aliphatic rings. The molecule has 1 amide bonds. The SMILES string of the molecule is C[C@H]1C[C@@H]1C(=O)OCC(=O)Nc1ccc2c(c1)OC(F)(F)O2. The summed E-state index contributed by atoms with van der Waals surface area (Å²) in [7, 11) is 0. The van der Waals surface area contributed by atoms with Crippen molar-refractivity contribution >= 4 is 17.6 Å². The molecule has 1 saturated carbocycles. The number of carbonyl (C=O) groups excluding carboxylic acids is 2. The molecule has 0 unspecified atom stereocenters. The molecule has 22 heavy (non-hydrogen) atoms. The van der Waals surface area contributed by atoms with Crippen LogP contribution in [0.3, 0.4) is 0 Å². The Balaban J connectivity index is 1.53. The van der Waals surface area contributed by atoms with Gasteiger partial charge in [0.2, 0.25) is 0 Å². The third-order valence-electron chi connectivity index (χ3n) is 3.44. The number of alkyl halides is 2. The third kappa shape index (κ3) is 3.10. The first kappa shape index (κ1) is 14.6. The lowest BCUT2D eigenvalue weighted by molar-refractivity contribution is -0.286. The van der Waals surface area contributed by atoms with Crippen molar-refractivity contribution in [2.45, 2.75) is 19.6 Å². The first-order valence-electron chi connectivity index (χ1n) is 6.70. The average molecular weight is 313 g/mol. The van der Waals surface area contributed by atoms with Crippen LogP contribution in [0.4, 0.5) is 14.5 Å². The van der Waals surface area contributed by atoms with Crippen LogP contribution in [0.5, 0.6) is 11.5 Å². The van der Waals surface area contributed by atoms with Crippen LogP contribution in [0.15, 0.2) is 18.2 Å². The Hall–Kier alpha value is -2.38. The second-order valence-corrected chi connectivity index (χ2v) is 5.30. The van der Waals surface area contributed by atoms with E-state index < -0.39 is 24.8 Å². The van der Waals surface area contributed by atoms with Crippen LogP contribution in [0.25, 0.3) is 0 Å². The van der Waals surface area contributed by atoms with Gasteiger partial charge < -0.3 is 19.5 Å². The first-order chi connectivity index (χ1) is 10.3. The van der Waals surface area contributed by atoms with E-state index >= 15 is 0 Å². The molecule has 8 heteroatoms. The van der Waals surface area contributed by atoms with E-state index in [0.29, 0.717) is 5.92 Å². The van der Waals surface area contributed by atoms with Gasteiger partial charge in [-0.15, -0.1) is 8.78 Å². The van der Waals surface area contributed by atoms with E-state index in [2.05, 4.69) is 14.8 Å². The van der Waals surface area contributed by atoms with E-state index in [0.717, 1.165) is 6.42 Å². The van der Waals surface area contributed by atoms with Crippen molar-refractivity contribution in [2.24, 2.45) is 11.8 Å². The molecule has 0 spiro atoms. The number of benzene rings is 1. The van der Waals surface area contributed by atoms with Gasteiger partial charge >= 0.3 is 12.3 Å². The smallest absolute Gasteiger partial charge is 0.455 e. The molecule has 0 radical (unpaired) electrons. The van der Waals surface area contributed by atoms with Gasteiger partial charge in [0.05, 0.1) is 5.92 Å². The minimum atomic E-state index is -3.71. The van der Waals surface area contributed by atoms with Crippen molar-refractivity contribution in [3.05, 3.63) is 18.2 Å². The van der Waals surface area contributed by atoms with Gasteiger partial charge in [0, 0.05) is 11.8 Å². The van der Waals surface area contributed by atoms with Gasteiger partial charge in [-0.1, -0.05) is 6.92 Å². The van der Waals surface area contributed by atoms with Crippen molar-refractivity contribution in [3.63, 3.8) is 0 Å². The summed E-state index contributed by atoms with van der Waals surface area (Å²) < 4.78 is 39.1. The molecule has 1 aromatic rings. The summed E-state index contributed by atoms with van der Waals surface area (Å²) in [5, 5.41) is 2.43. The summed E-state index contributed by atoms with van der Waals surface area (Å²) >= 11 is 0. The quantitative estimate of drug-likeness (QED) is 0.862. The number of hydrogen-bond donors (Lipinski definition) is 1. The highest BCUT2D eigenvalue weighted by molar-refractivity contribution is 5.93. The Labute approximate surface area is 124 Å². The second kappa shape index (κ2) is 5.11. The van der Waals surface area contributed by atoms with Gasteiger partial charge in [0.15, 0.2) is 18.1 Å². The maximum Gasteiger partial charge on any atom is 0.586 e. The molecule has 1 fully saturated rings. The van der Waals surface area contributed by atoms with Gasteiger partial charge in [-0.25, -0.2) is 0 Å². The van der Waals surface area contributed by atoms with Gasteiger partial charge in [0.1, 0.15) is 0 Å². The Morgan fingerprint density at radius 3 is 2.73 bits per heavy atom. The zero-order chi connectivity index (χ0) is 15.9. The minimum Gasteiger partial charge on any atom is -0.455 e. The molecule has 3 rings (SSSR count). The van der Waals surface area contributed by atoms with E-state index in [1.54, 1.807) is 0 Å². The number of hydrogen-bond acceptors (Lipinski definition) is 5. The van der Waals surface area contributed by atoms with Crippen LogP contribution in [-0.2, 0) is 14.3 Å². The van der Waals surface area contributed by atoms with Crippen LogP contribution in [0.2, 0.25) is 0 Å². The van der Waals surface area contributed by atoms with Crippen molar-refractivity contribution in [1.29, 1.82) is 0 Å². The van der Waals surface area contributed by atoms with Crippen molar-refractivity contribution in [1.82, 2.24) is 0 Å². The molecule has 0 saturated heterocycles. The fourth-order valence-corrected chi connectivity index (χ4v) is 2.12. The number of halogens is 2. The molecule has 1 aliphatic heterocycles. The van der Waals surface area contributed by atoms with Crippen LogP contribution in [0, 0.1) is 11.8 Å². The van der Waals surface area contributed by atoms with Crippen LogP contribution in [0.1, 0.15) is 13.3 Å². The number of anilines is 1. The van der Waals surface area contributed by atoms with E-state index in [1.807, 2.05) is 6.92 Å². The fourth-order valence-electron chi connectivity index (χ4n) is 2.12. The topological polar surface area (TPSA) is 73.9 Å². The highest BCUT2D eigenvalue weighted by atomic mass is 19.3. The monoisotopic (exact) mass is 313 g/mol. The highest BCUT2D eigenvalue weighted by Crippen LogP contribution is 2.42. The number of rotatable bonds is 4. The van der Waals surface area contributed by atoms with Gasteiger partial charge in [-0.05, 0) is 24.5 Å². The molecular weight excluding hydrogens is 300 g/mol. The van der Waals surface area contributed by atoms with E-state index in [9.17, 15) is 18.4 Å². The summed E-state index contributed by atoms with van der Waals surface area (Å²) in [6.07, 6.45) is -2.93. The highest BCUT2D eigenvalue weighted by Gasteiger charge is 2.43. The summed E-state index contributed by atoms with van der Waals surface area (Å²) in [5.41, 5.74) is 0.237. The standard InChI is InChI=1S/C14H13F2NO5/c1-7-4-9(7)13(19)20-6-12(18)17-8-2-3-10-11(5-8)22-14(15,16)21-10/h2-3,5,7,9H,4,6H2,1H3,(H,17,18)/t7-,9-/m0/s1. The molecular formula is C14H13F2NO5. The van der Waals surface area contributed by atoms with Crippen molar-refractivity contribution in [3.8, 4) is 11.5 Å². The lowest BCUT2D eigenvalue weighted by Crippen LogP contribution is -2.25. The Kier molecular flexibility index (Phi) is 3.38. The fraction of sp³-hybridized carbons (Fsp3) is 0.429. The molecule has 1 heterocycles. The number of amides is 1. The largest absolute Gasteiger partial charge is 0.586 e. The number of nitrogens with one attached hydrogen (secondary N) is 1. The van der Waals surface area contributed by atoms with Crippen LogP contribution < -0.4 is 14.8 Å². The Morgan fingerprint density at radius 1 is 1.36 bits per heavy atom. The summed E-state index contributed by atoms with van der Waals surface area (Å²) in [5.74, 6) is -1.07. The predicted octanol–water partition coefficient (Wildman–Crippen LogP) is 2.15. The molecule has 2 atom stereocenters. The summed E-state index contributed by atoms with van der Waals surface area (Å²) in [6.45, 7) is 1.50. The maximum atomic E-state index is 12.9. The molecule has 6 nitrogen and oxygen atoms in total. The number of esters is 1. The molecule has 1 aliphatic carbocycles. The Morgan fingerprint density at radius 2 is 2.05 bits per heavy atom. The normalized spacial score (nSPS) is 23.8. The number of carbonyl (C=O) groups is 2. The Bertz CT molecular complexity index is 634. The molecule has 1 aromatic carbocycles. The van der Waals surface area contributed by atoms with E-state index in [1.165, 1.54) is 18.2 Å². The summed E-state index contributed by atoms with van der Waals surface area (Å²) in [6, 6.07) is 3.84.